The van der Waals surface area contributed by atoms with Gasteiger partial charge in [0.05, 0.1) is 17.1 Å². The standard InChI is InChI=1S/C14H9ClN4/c15-8-13-17-14-11(9-16)6-7-12(19(14)18-13)10-4-2-1-3-5-10/h1-7H,8H2. The Kier molecular flexibility index (Phi) is 2.90. The number of nitriles is 1. The Labute approximate surface area is 114 Å². The van der Waals surface area contributed by atoms with Crippen LogP contribution in [0.1, 0.15) is 11.4 Å². The van der Waals surface area contributed by atoms with Gasteiger partial charge in [0.15, 0.2) is 11.5 Å². The molecule has 0 fully saturated rings. The monoisotopic (exact) mass is 268 g/mol. The van der Waals surface area contributed by atoms with Crippen LogP contribution in [0.25, 0.3) is 16.9 Å². The topological polar surface area (TPSA) is 54.0 Å². The number of fused-ring (bicyclic) bond motifs is 1. The molecule has 2 heterocycles. The minimum absolute atomic E-state index is 0.223. The molecule has 0 atom stereocenters. The lowest BCUT2D eigenvalue weighted by Crippen LogP contribution is -1.96. The third kappa shape index (κ3) is 1.94. The van der Waals surface area contributed by atoms with Gasteiger partial charge in [0.2, 0.25) is 0 Å². The zero-order valence-corrected chi connectivity index (χ0v) is 10.7. The largest absolute Gasteiger partial charge is 0.212 e. The molecule has 0 aliphatic rings. The summed E-state index contributed by atoms with van der Waals surface area (Å²) in [7, 11) is 0. The maximum Gasteiger partial charge on any atom is 0.174 e. The number of benzene rings is 1. The van der Waals surface area contributed by atoms with E-state index in [0.29, 0.717) is 17.0 Å². The highest BCUT2D eigenvalue weighted by Crippen LogP contribution is 2.22. The number of hydrogen-bond donors (Lipinski definition) is 0. The summed E-state index contributed by atoms with van der Waals surface area (Å²) in [5.41, 5.74) is 2.93. The van der Waals surface area contributed by atoms with Gasteiger partial charge in [-0.1, -0.05) is 30.3 Å². The van der Waals surface area contributed by atoms with Gasteiger partial charge in [0, 0.05) is 5.56 Å². The van der Waals surface area contributed by atoms with Crippen molar-refractivity contribution in [3.05, 3.63) is 53.9 Å². The summed E-state index contributed by atoms with van der Waals surface area (Å²) < 4.78 is 1.67. The average molecular weight is 269 g/mol. The van der Waals surface area contributed by atoms with Crippen LogP contribution in [-0.4, -0.2) is 14.6 Å². The number of hydrogen-bond acceptors (Lipinski definition) is 3. The Morgan fingerprint density at radius 3 is 2.63 bits per heavy atom. The number of alkyl halides is 1. The Hall–Kier alpha value is -2.38. The third-order valence-electron chi connectivity index (χ3n) is 2.84. The van der Waals surface area contributed by atoms with Crippen LogP contribution in [0.3, 0.4) is 0 Å². The first-order chi connectivity index (χ1) is 9.33. The van der Waals surface area contributed by atoms with Gasteiger partial charge >= 0.3 is 0 Å². The second kappa shape index (κ2) is 4.71. The maximum atomic E-state index is 9.11. The highest BCUT2D eigenvalue weighted by Gasteiger charge is 2.12. The van der Waals surface area contributed by atoms with Crippen molar-refractivity contribution in [1.29, 1.82) is 5.26 Å². The molecule has 0 saturated carbocycles. The normalized spacial score (nSPS) is 10.5. The van der Waals surface area contributed by atoms with Gasteiger partial charge in [-0.3, -0.25) is 0 Å². The van der Waals surface area contributed by atoms with Gasteiger partial charge in [0.1, 0.15) is 6.07 Å². The van der Waals surface area contributed by atoms with Crippen LogP contribution in [0.5, 0.6) is 0 Å². The van der Waals surface area contributed by atoms with Crippen molar-refractivity contribution in [2.24, 2.45) is 0 Å². The van der Waals surface area contributed by atoms with Crippen molar-refractivity contribution in [3.63, 3.8) is 0 Å². The molecule has 0 aliphatic carbocycles. The van der Waals surface area contributed by atoms with E-state index < -0.39 is 0 Å². The Morgan fingerprint density at radius 2 is 1.95 bits per heavy atom. The molecule has 0 N–H and O–H groups in total. The zero-order chi connectivity index (χ0) is 13.2. The Morgan fingerprint density at radius 1 is 1.16 bits per heavy atom. The smallest absolute Gasteiger partial charge is 0.174 e. The van der Waals surface area contributed by atoms with Gasteiger partial charge in [0.25, 0.3) is 0 Å². The van der Waals surface area contributed by atoms with Crippen molar-refractivity contribution in [2.75, 3.05) is 0 Å². The van der Waals surface area contributed by atoms with Crippen LogP contribution in [0.15, 0.2) is 42.5 Å². The highest BCUT2D eigenvalue weighted by atomic mass is 35.5. The van der Waals surface area contributed by atoms with Gasteiger partial charge in [-0.15, -0.1) is 16.7 Å². The van der Waals surface area contributed by atoms with E-state index in [9.17, 15) is 0 Å². The molecule has 0 unspecified atom stereocenters. The Bertz CT molecular complexity index is 771. The lowest BCUT2D eigenvalue weighted by molar-refractivity contribution is 0.929. The van der Waals surface area contributed by atoms with Crippen molar-refractivity contribution in [1.82, 2.24) is 14.6 Å². The van der Waals surface area contributed by atoms with E-state index in [4.69, 9.17) is 16.9 Å². The molecule has 19 heavy (non-hydrogen) atoms. The predicted octanol–water partition coefficient (Wildman–Crippen LogP) is 3.01. The summed E-state index contributed by atoms with van der Waals surface area (Å²) in [6, 6.07) is 15.6. The molecule has 4 nitrogen and oxygen atoms in total. The van der Waals surface area contributed by atoms with E-state index in [2.05, 4.69) is 16.2 Å². The SMILES string of the molecule is N#Cc1ccc(-c2ccccc2)n2nc(CCl)nc12. The fraction of sp³-hybridized carbons (Fsp3) is 0.0714. The van der Waals surface area contributed by atoms with Crippen molar-refractivity contribution in [2.45, 2.75) is 5.88 Å². The first kappa shape index (κ1) is 11.7. The van der Waals surface area contributed by atoms with Crippen molar-refractivity contribution in [3.8, 4) is 17.3 Å². The number of nitrogens with zero attached hydrogens (tertiary/aromatic N) is 4. The van der Waals surface area contributed by atoms with Crippen LogP contribution < -0.4 is 0 Å². The van der Waals surface area contributed by atoms with Gasteiger partial charge < -0.3 is 0 Å². The molecule has 0 bridgehead atoms. The maximum absolute atomic E-state index is 9.11. The number of pyridine rings is 1. The molecule has 0 spiro atoms. The second-order valence-corrected chi connectivity index (χ2v) is 4.27. The molecule has 5 heteroatoms. The van der Waals surface area contributed by atoms with E-state index in [1.54, 1.807) is 10.6 Å². The van der Waals surface area contributed by atoms with Crippen LogP contribution in [-0.2, 0) is 5.88 Å². The molecule has 3 aromatic rings. The van der Waals surface area contributed by atoms with Gasteiger partial charge in [-0.25, -0.2) is 9.50 Å². The van der Waals surface area contributed by atoms with Crippen molar-refractivity contribution < 1.29 is 0 Å². The molecule has 92 valence electrons. The summed E-state index contributed by atoms with van der Waals surface area (Å²) in [5.74, 6) is 0.738. The van der Waals surface area contributed by atoms with Crippen molar-refractivity contribution >= 4 is 17.2 Å². The van der Waals surface area contributed by atoms with Crippen LogP contribution >= 0.6 is 11.6 Å². The van der Waals surface area contributed by atoms with E-state index in [0.717, 1.165) is 11.3 Å². The predicted molar refractivity (Wildman–Crippen MR) is 72.7 cm³/mol. The summed E-state index contributed by atoms with van der Waals surface area (Å²) in [4.78, 5) is 4.29. The number of rotatable bonds is 2. The summed E-state index contributed by atoms with van der Waals surface area (Å²) in [6.07, 6.45) is 0. The Balaban J connectivity index is 2.33. The molecule has 0 radical (unpaired) electrons. The first-order valence-electron chi connectivity index (χ1n) is 5.73. The summed E-state index contributed by atoms with van der Waals surface area (Å²) in [6.45, 7) is 0. The van der Waals surface area contributed by atoms with Gasteiger partial charge in [-0.05, 0) is 12.1 Å². The van der Waals surface area contributed by atoms with Crippen LogP contribution in [0.2, 0.25) is 0 Å². The van der Waals surface area contributed by atoms with Gasteiger partial charge in [-0.2, -0.15) is 5.26 Å². The summed E-state index contributed by atoms with van der Waals surface area (Å²) >= 11 is 5.77. The summed E-state index contributed by atoms with van der Waals surface area (Å²) in [5, 5.41) is 13.5. The minimum atomic E-state index is 0.223. The lowest BCUT2D eigenvalue weighted by atomic mass is 10.1. The lowest BCUT2D eigenvalue weighted by Gasteiger charge is -2.04. The minimum Gasteiger partial charge on any atom is -0.212 e. The second-order valence-electron chi connectivity index (χ2n) is 4.01. The van der Waals surface area contributed by atoms with E-state index in [1.165, 1.54) is 0 Å². The fourth-order valence-electron chi connectivity index (χ4n) is 1.98. The molecule has 0 aliphatic heterocycles. The molecule has 2 aromatic heterocycles. The molecule has 0 saturated heterocycles. The van der Waals surface area contributed by atoms with E-state index in [1.807, 2.05) is 36.4 Å². The van der Waals surface area contributed by atoms with Crippen LogP contribution in [0, 0.1) is 11.3 Å². The molecular weight excluding hydrogens is 260 g/mol. The number of aromatic nitrogens is 3. The highest BCUT2D eigenvalue weighted by molar-refractivity contribution is 6.16. The molecule has 1 aromatic carbocycles. The zero-order valence-electron chi connectivity index (χ0n) is 9.92. The van der Waals surface area contributed by atoms with Crippen LogP contribution in [0.4, 0.5) is 0 Å². The van der Waals surface area contributed by atoms with E-state index >= 15 is 0 Å². The van der Waals surface area contributed by atoms with E-state index in [-0.39, 0.29) is 5.88 Å². The number of halogens is 1. The fourth-order valence-corrected chi connectivity index (χ4v) is 2.09. The molecule has 0 amide bonds. The average Bonchev–Trinajstić information content (AvgIpc) is 2.91. The quantitative estimate of drug-likeness (QED) is 0.672. The molecule has 3 rings (SSSR count). The third-order valence-corrected chi connectivity index (χ3v) is 3.08. The molecular formula is C14H9ClN4. The first-order valence-corrected chi connectivity index (χ1v) is 6.27.